The fourth-order valence-corrected chi connectivity index (χ4v) is 2.86. The van der Waals surface area contributed by atoms with Crippen LogP contribution >= 0.6 is 0 Å². The van der Waals surface area contributed by atoms with Gasteiger partial charge in [0.25, 0.3) is 0 Å². The monoisotopic (exact) mass is 276 g/mol. The third kappa shape index (κ3) is 4.54. The molecule has 0 spiro atoms. The fourth-order valence-electron chi connectivity index (χ4n) is 2.86. The van der Waals surface area contributed by atoms with Crippen LogP contribution in [0, 0.1) is 0 Å². The van der Waals surface area contributed by atoms with Crippen LogP contribution in [0.1, 0.15) is 31.0 Å². The first kappa shape index (κ1) is 15.4. The van der Waals surface area contributed by atoms with Gasteiger partial charge in [-0.1, -0.05) is 13.0 Å². The van der Waals surface area contributed by atoms with Gasteiger partial charge in [0.1, 0.15) is 0 Å². The lowest BCUT2D eigenvalue weighted by Gasteiger charge is -2.26. The molecule has 0 aromatic carbocycles. The summed E-state index contributed by atoms with van der Waals surface area (Å²) < 4.78 is 0. The number of aromatic nitrogens is 1. The van der Waals surface area contributed by atoms with Crippen LogP contribution in [0.15, 0.2) is 18.3 Å². The van der Waals surface area contributed by atoms with Crippen LogP contribution in [0.2, 0.25) is 0 Å². The van der Waals surface area contributed by atoms with E-state index in [2.05, 4.69) is 53.3 Å². The molecule has 4 nitrogen and oxygen atoms in total. The van der Waals surface area contributed by atoms with E-state index < -0.39 is 0 Å². The Morgan fingerprint density at radius 1 is 1.40 bits per heavy atom. The molecule has 1 N–H and O–H groups in total. The number of hydrogen-bond acceptors (Lipinski definition) is 4. The minimum absolute atomic E-state index is 0.688. The summed E-state index contributed by atoms with van der Waals surface area (Å²) in [6.07, 6.45) is 4.64. The minimum Gasteiger partial charge on any atom is -0.313 e. The Kier molecular flexibility index (Phi) is 5.95. The summed E-state index contributed by atoms with van der Waals surface area (Å²) in [6, 6.07) is 5.06. The van der Waals surface area contributed by atoms with Gasteiger partial charge in [0.05, 0.1) is 5.69 Å². The van der Waals surface area contributed by atoms with E-state index in [9.17, 15) is 0 Å². The average molecular weight is 276 g/mol. The summed E-state index contributed by atoms with van der Waals surface area (Å²) in [6.45, 7) is 7.39. The molecule has 0 saturated carbocycles. The third-order valence-electron chi connectivity index (χ3n) is 3.91. The molecule has 2 heterocycles. The summed E-state index contributed by atoms with van der Waals surface area (Å²) in [5.41, 5.74) is 2.46. The van der Waals surface area contributed by atoms with Crippen LogP contribution in [-0.4, -0.2) is 54.6 Å². The molecular formula is C16H28N4. The number of nitrogens with zero attached hydrogens (tertiary/aromatic N) is 3. The SMILES string of the molecule is CCNCc1ccc(CN2CCCC2CN(C)C)nc1. The number of hydrogen-bond donors (Lipinski definition) is 1. The van der Waals surface area contributed by atoms with Crippen molar-refractivity contribution in [1.29, 1.82) is 0 Å². The maximum absolute atomic E-state index is 4.61. The molecule has 1 aromatic rings. The molecule has 1 unspecified atom stereocenters. The van der Waals surface area contributed by atoms with Gasteiger partial charge in [-0.25, -0.2) is 0 Å². The van der Waals surface area contributed by atoms with Crippen molar-refractivity contribution in [3.63, 3.8) is 0 Å². The van der Waals surface area contributed by atoms with Crippen molar-refractivity contribution >= 4 is 0 Å². The van der Waals surface area contributed by atoms with E-state index in [0.29, 0.717) is 6.04 Å². The van der Waals surface area contributed by atoms with Gasteiger partial charge in [0.2, 0.25) is 0 Å². The van der Waals surface area contributed by atoms with Crippen LogP contribution in [0.25, 0.3) is 0 Å². The number of rotatable bonds is 7. The standard InChI is InChI=1S/C16H28N4/c1-4-17-10-14-7-8-15(18-11-14)12-20-9-5-6-16(20)13-19(2)3/h7-8,11,16-17H,4-6,9-10,12-13H2,1-3H3. The fraction of sp³-hybridized carbons (Fsp3) is 0.688. The summed E-state index contributed by atoms with van der Waals surface area (Å²) in [5.74, 6) is 0. The first-order valence-corrected chi connectivity index (χ1v) is 7.72. The molecule has 1 saturated heterocycles. The van der Waals surface area contributed by atoms with Gasteiger partial charge in [0, 0.05) is 31.9 Å². The van der Waals surface area contributed by atoms with E-state index in [0.717, 1.165) is 26.2 Å². The molecule has 1 aromatic heterocycles. The topological polar surface area (TPSA) is 31.4 Å². The van der Waals surface area contributed by atoms with Crippen LogP contribution in [-0.2, 0) is 13.1 Å². The maximum atomic E-state index is 4.61. The third-order valence-corrected chi connectivity index (χ3v) is 3.91. The summed E-state index contributed by atoms with van der Waals surface area (Å²) in [7, 11) is 4.31. The molecule has 1 fully saturated rings. The van der Waals surface area contributed by atoms with Crippen molar-refractivity contribution in [3.8, 4) is 0 Å². The average Bonchev–Trinajstić information content (AvgIpc) is 2.84. The van der Waals surface area contributed by atoms with Crippen LogP contribution in [0.4, 0.5) is 0 Å². The predicted octanol–water partition coefficient (Wildman–Crippen LogP) is 1.72. The second kappa shape index (κ2) is 7.72. The minimum atomic E-state index is 0.688. The first-order valence-electron chi connectivity index (χ1n) is 7.72. The molecule has 0 radical (unpaired) electrons. The highest BCUT2D eigenvalue weighted by Crippen LogP contribution is 2.19. The molecule has 0 bridgehead atoms. The molecule has 4 heteroatoms. The summed E-state index contributed by atoms with van der Waals surface area (Å²) >= 11 is 0. The normalized spacial score (nSPS) is 19.9. The van der Waals surface area contributed by atoms with Gasteiger partial charge in [-0.2, -0.15) is 0 Å². The van der Waals surface area contributed by atoms with E-state index in [1.807, 2.05) is 6.20 Å². The van der Waals surface area contributed by atoms with Crippen molar-refractivity contribution in [1.82, 2.24) is 20.1 Å². The molecule has 0 amide bonds. The second-order valence-electron chi connectivity index (χ2n) is 5.97. The molecule has 2 rings (SSSR count). The molecular weight excluding hydrogens is 248 g/mol. The van der Waals surface area contributed by atoms with Crippen molar-refractivity contribution in [3.05, 3.63) is 29.6 Å². The van der Waals surface area contributed by atoms with Gasteiger partial charge in [-0.3, -0.25) is 9.88 Å². The Morgan fingerprint density at radius 3 is 2.90 bits per heavy atom. The van der Waals surface area contributed by atoms with Crippen molar-refractivity contribution in [2.24, 2.45) is 0 Å². The Balaban J connectivity index is 1.88. The van der Waals surface area contributed by atoms with E-state index in [1.54, 1.807) is 0 Å². The Hall–Kier alpha value is -0.970. The highest BCUT2D eigenvalue weighted by molar-refractivity contribution is 5.14. The smallest absolute Gasteiger partial charge is 0.0544 e. The van der Waals surface area contributed by atoms with Crippen LogP contribution in [0.5, 0.6) is 0 Å². The van der Waals surface area contributed by atoms with Crippen molar-refractivity contribution < 1.29 is 0 Å². The molecule has 20 heavy (non-hydrogen) atoms. The lowest BCUT2D eigenvalue weighted by Crippen LogP contribution is -2.37. The molecule has 112 valence electrons. The van der Waals surface area contributed by atoms with Crippen molar-refractivity contribution in [2.45, 2.75) is 38.9 Å². The lowest BCUT2D eigenvalue weighted by atomic mass is 10.2. The highest BCUT2D eigenvalue weighted by atomic mass is 15.2. The summed E-state index contributed by atoms with van der Waals surface area (Å²) in [4.78, 5) is 9.48. The van der Waals surface area contributed by atoms with Gasteiger partial charge in [-0.05, 0) is 51.7 Å². The maximum Gasteiger partial charge on any atom is 0.0544 e. The highest BCUT2D eigenvalue weighted by Gasteiger charge is 2.24. The quantitative estimate of drug-likeness (QED) is 0.821. The van der Waals surface area contributed by atoms with Gasteiger partial charge >= 0.3 is 0 Å². The first-order chi connectivity index (χ1) is 9.69. The van der Waals surface area contributed by atoms with E-state index >= 15 is 0 Å². The zero-order valence-corrected chi connectivity index (χ0v) is 13.1. The van der Waals surface area contributed by atoms with Crippen LogP contribution in [0.3, 0.4) is 0 Å². The molecule has 1 aliphatic heterocycles. The van der Waals surface area contributed by atoms with Gasteiger partial charge in [-0.15, -0.1) is 0 Å². The Morgan fingerprint density at radius 2 is 2.25 bits per heavy atom. The molecule has 1 atom stereocenters. The van der Waals surface area contributed by atoms with Gasteiger partial charge < -0.3 is 10.2 Å². The summed E-state index contributed by atoms with van der Waals surface area (Å²) in [5, 5.41) is 3.33. The van der Waals surface area contributed by atoms with E-state index in [-0.39, 0.29) is 0 Å². The van der Waals surface area contributed by atoms with Gasteiger partial charge in [0.15, 0.2) is 0 Å². The zero-order valence-electron chi connectivity index (χ0n) is 13.1. The largest absolute Gasteiger partial charge is 0.313 e. The number of likely N-dealkylation sites (tertiary alicyclic amines) is 1. The van der Waals surface area contributed by atoms with Crippen LogP contribution < -0.4 is 5.32 Å². The van der Waals surface area contributed by atoms with E-state index in [4.69, 9.17) is 0 Å². The Bertz CT molecular complexity index is 388. The van der Waals surface area contributed by atoms with E-state index in [1.165, 1.54) is 30.6 Å². The Labute approximate surface area is 123 Å². The van der Waals surface area contributed by atoms with Crippen molar-refractivity contribution in [2.75, 3.05) is 33.7 Å². The number of likely N-dealkylation sites (N-methyl/N-ethyl adjacent to an activating group) is 1. The second-order valence-corrected chi connectivity index (χ2v) is 5.97. The number of pyridine rings is 1. The predicted molar refractivity (Wildman–Crippen MR) is 83.6 cm³/mol. The molecule has 0 aliphatic carbocycles. The lowest BCUT2D eigenvalue weighted by molar-refractivity contribution is 0.199. The number of nitrogens with one attached hydrogen (secondary N) is 1. The molecule has 1 aliphatic rings. The zero-order chi connectivity index (χ0) is 14.4.